The van der Waals surface area contributed by atoms with Gasteiger partial charge in [0, 0.05) is 30.1 Å². The van der Waals surface area contributed by atoms with Crippen LogP contribution in [0.1, 0.15) is 22.7 Å². The van der Waals surface area contributed by atoms with Crippen molar-refractivity contribution in [2.24, 2.45) is 0 Å². The number of ether oxygens (including phenoxy) is 5. The summed E-state index contributed by atoms with van der Waals surface area (Å²) in [7, 11) is 4.42. The Balaban J connectivity index is 1.76. The number of hydrogen-bond acceptors (Lipinski definition) is 9. The topological polar surface area (TPSA) is 117 Å². The van der Waals surface area contributed by atoms with Crippen molar-refractivity contribution in [3.63, 3.8) is 0 Å². The Hall–Kier alpha value is -4.73. The van der Waals surface area contributed by atoms with Crippen LogP contribution in [0.3, 0.4) is 0 Å². The second kappa shape index (κ2) is 9.73. The minimum atomic E-state index is -1.03. The lowest BCUT2D eigenvalue weighted by atomic mass is 9.93. The summed E-state index contributed by atoms with van der Waals surface area (Å²) in [4.78, 5) is 32.3. The predicted octanol–water partition coefficient (Wildman–Crippen LogP) is 3.46. The highest BCUT2D eigenvalue weighted by atomic mass is 16.7. The number of aromatic nitrogens is 1. The Kier molecular flexibility index (Phi) is 6.31. The van der Waals surface area contributed by atoms with Crippen molar-refractivity contribution in [1.29, 1.82) is 0 Å². The van der Waals surface area contributed by atoms with Gasteiger partial charge in [0.1, 0.15) is 11.5 Å². The number of benzene rings is 2. The number of pyridine rings is 1. The van der Waals surface area contributed by atoms with E-state index in [1.807, 2.05) is 0 Å². The van der Waals surface area contributed by atoms with Gasteiger partial charge in [-0.15, -0.1) is 0 Å². The Morgan fingerprint density at radius 2 is 1.78 bits per heavy atom. The quantitative estimate of drug-likeness (QED) is 0.293. The van der Waals surface area contributed by atoms with Gasteiger partial charge in [0.2, 0.25) is 18.3 Å². The lowest BCUT2D eigenvalue weighted by Gasteiger charge is -2.27. The van der Waals surface area contributed by atoms with Crippen molar-refractivity contribution in [2.75, 3.05) is 28.1 Å². The zero-order chi connectivity index (χ0) is 26.1. The average Bonchev–Trinajstić information content (AvgIpc) is 3.52. The first-order chi connectivity index (χ1) is 18.0. The Bertz CT molecular complexity index is 1400. The third-order valence-electron chi connectivity index (χ3n) is 6.30. The summed E-state index contributed by atoms with van der Waals surface area (Å²) in [5.41, 5.74) is 1.35. The first-order valence-corrected chi connectivity index (χ1v) is 11.3. The van der Waals surface area contributed by atoms with Gasteiger partial charge in [-0.1, -0.05) is 12.1 Å². The van der Waals surface area contributed by atoms with E-state index in [9.17, 15) is 14.7 Å². The lowest BCUT2D eigenvalue weighted by molar-refractivity contribution is -0.140. The monoisotopic (exact) mass is 504 g/mol. The number of methoxy groups -OCH3 is 3. The summed E-state index contributed by atoms with van der Waals surface area (Å²) in [5.74, 6) is -0.250. The Labute approximate surface area is 212 Å². The van der Waals surface area contributed by atoms with E-state index in [2.05, 4.69) is 4.98 Å². The molecule has 3 heterocycles. The third-order valence-corrected chi connectivity index (χ3v) is 6.30. The van der Waals surface area contributed by atoms with Crippen LogP contribution in [0.15, 0.2) is 60.4 Å². The van der Waals surface area contributed by atoms with E-state index in [0.29, 0.717) is 28.4 Å². The van der Waals surface area contributed by atoms with Gasteiger partial charge in [-0.05, 0) is 35.9 Å². The molecule has 1 saturated heterocycles. The largest absolute Gasteiger partial charge is 0.507 e. The van der Waals surface area contributed by atoms with Crippen LogP contribution >= 0.6 is 0 Å². The molecule has 3 aromatic rings. The molecule has 5 rings (SSSR count). The molecule has 10 nitrogen and oxygen atoms in total. The van der Waals surface area contributed by atoms with Crippen LogP contribution in [0.4, 0.5) is 0 Å². The van der Waals surface area contributed by atoms with E-state index in [1.54, 1.807) is 54.9 Å². The minimum Gasteiger partial charge on any atom is -0.507 e. The lowest BCUT2D eigenvalue weighted by Crippen LogP contribution is -2.29. The van der Waals surface area contributed by atoms with Crippen LogP contribution in [0.2, 0.25) is 0 Å². The first-order valence-electron chi connectivity index (χ1n) is 11.3. The Morgan fingerprint density at radius 3 is 2.49 bits per heavy atom. The number of likely N-dealkylation sites (tertiary alicyclic amines) is 1. The normalized spacial score (nSPS) is 17.7. The second-order valence-corrected chi connectivity index (χ2v) is 8.28. The summed E-state index contributed by atoms with van der Waals surface area (Å²) in [6.07, 6.45) is 3.20. The zero-order valence-corrected chi connectivity index (χ0v) is 20.4. The Morgan fingerprint density at radius 1 is 1.03 bits per heavy atom. The number of carbonyl (C=O) groups excluding carboxylic acids is 2. The fourth-order valence-corrected chi connectivity index (χ4v) is 4.58. The number of Topliss-reactive ketones (excluding diaryl/α,β-unsaturated/α-hetero) is 1. The fraction of sp³-hybridized carbons (Fsp3) is 0.222. The fourth-order valence-electron chi connectivity index (χ4n) is 4.58. The van der Waals surface area contributed by atoms with Crippen molar-refractivity contribution in [2.45, 2.75) is 12.6 Å². The summed E-state index contributed by atoms with van der Waals surface area (Å²) >= 11 is 0. The minimum absolute atomic E-state index is 0.0491. The third kappa shape index (κ3) is 4.06. The number of rotatable bonds is 7. The van der Waals surface area contributed by atoms with Crippen LogP contribution in [0.5, 0.6) is 28.7 Å². The van der Waals surface area contributed by atoms with Crippen molar-refractivity contribution < 1.29 is 38.4 Å². The van der Waals surface area contributed by atoms with Crippen molar-refractivity contribution in [3.05, 3.63) is 77.1 Å². The molecule has 0 radical (unpaired) electrons. The number of fused-ring (bicyclic) bond motifs is 1. The highest BCUT2D eigenvalue weighted by molar-refractivity contribution is 6.46. The maximum absolute atomic E-state index is 13.5. The smallest absolute Gasteiger partial charge is 0.295 e. The highest BCUT2D eigenvalue weighted by Crippen LogP contribution is 2.54. The molecule has 0 spiro atoms. The maximum atomic E-state index is 13.5. The van der Waals surface area contributed by atoms with E-state index in [4.69, 9.17) is 23.7 Å². The van der Waals surface area contributed by atoms with Crippen molar-refractivity contribution in [3.8, 4) is 28.7 Å². The molecule has 0 aliphatic carbocycles. The number of aliphatic hydroxyl groups excluding tert-OH is 1. The second-order valence-electron chi connectivity index (χ2n) is 8.28. The number of nitrogens with zero attached hydrogens (tertiary/aromatic N) is 2. The molecule has 0 unspecified atom stereocenters. The molecule has 1 aromatic heterocycles. The van der Waals surface area contributed by atoms with Crippen LogP contribution < -0.4 is 23.7 Å². The maximum Gasteiger partial charge on any atom is 0.295 e. The van der Waals surface area contributed by atoms with Gasteiger partial charge in [-0.2, -0.15) is 0 Å². The first kappa shape index (κ1) is 24.0. The molecule has 1 amide bonds. The molecule has 2 aliphatic heterocycles. The standard InChI is InChI=1S/C27H24N2O8/c1-33-17-6-4-5-16(11-17)22(30)20-21(29(27(32)23(20)31)13-15-7-9-28-10-8-15)18-12-19(34-2)25-26(24(18)35-3)37-14-36-25/h4-12,21,30H,13-14H2,1-3H3/t21-/m1/s1. The van der Waals surface area contributed by atoms with E-state index in [1.165, 1.54) is 26.2 Å². The van der Waals surface area contributed by atoms with Crippen LogP contribution in [-0.4, -0.2) is 54.8 Å². The summed E-state index contributed by atoms with van der Waals surface area (Å²) in [5, 5.41) is 11.4. The molecular weight excluding hydrogens is 480 g/mol. The summed E-state index contributed by atoms with van der Waals surface area (Å²) in [6, 6.07) is 10.7. The number of hydrogen-bond donors (Lipinski definition) is 1. The molecule has 1 N–H and O–H groups in total. The molecular formula is C27H24N2O8. The van der Waals surface area contributed by atoms with Gasteiger partial charge in [0.05, 0.1) is 32.9 Å². The molecule has 2 aliphatic rings. The molecule has 1 atom stereocenters. The molecule has 37 heavy (non-hydrogen) atoms. The van der Waals surface area contributed by atoms with Gasteiger partial charge >= 0.3 is 0 Å². The average molecular weight is 504 g/mol. The van der Waals surface area contributed by atoms with Crippen molar-refractivity contribution in [1.82, 2.24) is 9.88 Å². The number of carbonyl (C=O) groups is 2. The van der Waals surface area contributed by atoms with E-state index < -0.39 is 17.7 Å². The zero-order valence-electron chi connectivity index (χ0n) is 20.4. The van der Waals surface area contributed by atoms with Gasteiger partial charge < -0.3 is 33.7 Å². The number of ketones is 1. The van der Waals surface area contributed by atoms with Gasteiger partial charge in [0.25, 0.3) is 11.7 Å². The van der Waals surface area contributed by atoms with E-state index in [-0.39, 0.29) is 36.2 Å². The van der Waals surface area contributed by atoms with Crippen LogP contribution in [0.25, 0.3) is 5.76 Å². The number of aliphatic hydroxyl groups is 1. The van der Waals surface area contributed by atoms with Crippen molar-refractivity contribution >= 4 is 17.4 Å². The number of amides is 1. The molecule has 2 aromatic carbocycles. The van der Waals surface area contributed by atoms with Gasteiger partial charge in [-0.25, -0.2) is 0 Å². The molecule has 0 bridgehead atoms. The van der Waals surface area contributed by atoms with E-state index in [0.717, 1.165) is 5.56 Å². The van der Waals surface area contributed by atoms with Gasteiger partial charge in [0.15, 0.2) is 11.5 Å². The van der Waals surface area contributed by atoms with Crippen LogP contribution in [-0.2, 0) is 16.1 Å². The SMILES string of the molecule is COc1cccc(C(O)=C2C(=O)C(=O)N(Cc3ccncc3)[C@@H]2c2cc(OC)c3c(c2OC)OCO3)c1. The van der Waals surface area contributed by atoms with Gasteiger partial charge in [-0.3, -0.25) is 14.6 Å². The molecule has 190 valence electrons. The van der Waals surface area contributed by atoms with Crippen LogP contribution in [0, 0.1) is 0 Å². The molecule has 10 heteroatoms. The summed E-state index contributed by atoms with van der Waals surface area (Å²) in [6.45, 7) is 0.0269. The highest BCUT2D eigenvalue weighted by Gasteiger charge is 2.48. The van der Waals surface area contributed by atoms with E-state index >= 15 is 0 Å². The molecule has 0 saturated carbocycles. The molecule has 1 fully saturated rings. The summed E-state index contributed by atoms with van der Waals surface area (Å²) < 4.78 is 27.7. The predicted molar refractivity (Wildman–Crippen MR) is 131 cm³/mol.